The first-order valence-corrected chi connectivity index (χ1v) is 5.09. The highest BCUT2D eigenvalue weighted by Crippen LogP contribution is 2.51. The Kier molecular flexibility index (Phi) is 1.58. The predicted molar refractivity (Wildman–Crippen MR) is 43.3 cm³/mol. The van der Waals surface area contributed by atoms with Crippen LogP contribution < -0.4 is 5.43 Å². The van der Waals surface area contributed by atoms with Gasteiger partial charge in [0.05, 0.1) is 5.37 Å². The number of hydrazine groups is 1. The molecule has 0 aromatic heterocycles. The van der Waals surface area contributed by atoms with Gasteiger partial charge in [-0.2, -0.15) is 5.01 Å². The van der Waals surface area contributed by atoms with Crippen LogP contribution in [0.5, 0.6) is 0 Å². The molecule has 0 aromatic carbocycles. The van der Waals surface area contributed by atoms with Gasteiger partial charge in [-0.05, 0) is 0 Å². The van der Waals surface area contributed by atoms with Gasteiger partial charge in [-0.3, -0.25) is 10.2 Å². The van der Waals surface area contributed by atoms with Crippen LogP contribution in [0.25, 0.3) is 0 Å². The largest absolute Gasteiger partial charge is 0.286 e. The molecule has 3 aliphatic rings. The molecule has 1 amide bonds. The molecule has 0 saturated carbocycles. The van der Waals surface area contributed by atoms with Crippen LogP contribution in [-0.2, 0) is 4.79 Å². The molecular weight excluding hydrogens is 168 g/mol. The van der Waals surface area contributed by atoms with E-state index in [4.69, 9.17) is 0 Å². The van der Waals surface area contributed by atoms with Crippen molar-refractivity contribution >= 4 is 29.4 Å². The molecule has 3 saturated heterocycles. The van der Waals surface area contributed by atoms with Gasteiger partial charge in [0.1, 0.15) is 4.71 Å². The van der Waals surface area contributed by atoms with Crippen LogP contribution in [0.2, 0.25) is 0 Å². The molecule has 0 spiro atoms. The van der Waals surface area contributed by atoms with Crippen molar-refractivity contribution in [2.75, 3.05) is 5.75 Å². The lowest BCUT2D eigenvalue weighted by molar-refractivity contribution is -0.123. The Hall–Kier alpha value is 0.130. The lowest BCUT2D eigenvalue weighted by Crippen LogP contribution is -2.53. The Bertz CT molecular complexity index is 161. The molecule has 3 nitrogen and oxygen atoms in total. The number of hydrogen-bond acceptors (Lipinski definition) is 4. The number of rotatable bonds is 1. The van der Waals surface area contributed by atoms with Gasteiger partial charge in [0.25, 0.3) is 0 Å². The van der Waals surface area contributed by atoms with Gasteiger partial charge < -0.3 is 0 Å². The molecule has 3 heterocycles. The maximum atomic E-state index is 10.6. The number of hydrogen-bond donors (Lipinski definition) is 1. The molecule has 56 valence electrons. The molecule has 0 aliphatic carbocycles. The van der Waals surface area contributed by atoms with Crippen LogP contribution in [0.4, 0.5) is 0 Å². The van der Waals surface area contributed by atoms with Crippen molar-refractivity contribution in [2.45, 2.75) is 17.0 Å². The van der Waals surface area contributed by atoms with E-state index in [2.05, 4.69) is 5.43 Å². The Morgan fingerprint density at radius 2 is 2.60 bits per heavy atom. The van der Waals surface area contributed by atoms with Crippen LogP contribution in [0.3, 0.4) is 0 Å². The third kappa shape index (κ3) is 0.926. The summed E-state index contributed by atoms with van der Waals surface area (Å²) in [6, 6.07) is 0. The average molecular weight is 176 g/mol. The summed E-state index contributed by atoms with van der Waals surface area (Å²) in [5.74, 6) is 1.19. The topological polar surface area (TPSA) is 32.3 Å². The maximum absolute atomic E-state index is 10.6. The summed E-state index contributed by atoms with van der Waals surface area (Å²) in [5.41, 5.74) is 2.79. The molecule has 2 bridgehead atoms. The molecule has 0 radical (unpaired) electrons. The van der Waals surface area contributed by atoms with Crippen LogP contribution in [0, 0.1) is 0 Å². The first-order chi connectivity index (χ1) is 4.77. The van der Waals surface area contributed by atoms with E-state index in [9.17, 15) is 4.79 Å². The first-order valence-electron chi connectivity index (χ1n) is 3.10. The Morgan fingerprint density at radius 1 is 1.80 bits per heavy atom. The van der Waals surface area contributed by atoms with Crippen molar-refractivity contribution < 1.29 is 4.79 Å². The molecule has 2 unspecified atom stereocenters. The molecule has 1 N–H and O–H groups in total. The summed E-state index contributed by atoms with van der Waals surface area (Å²) in [6.45, 7) is 1.55. The minimum Gasteiger partial charge on any atom is -0.286 e. The molecule has 2 atom stereocenters. The number of nitrogens with one attached hydrogen (secondary N) is 1. The quantitative estimate of drug-likeness (QED) is 0.628. The highest BCUT2D eigenvalue weighted by atomic mass is 32.2. The van der Waals surface area contributed by atoms with Gasteiger partial charge in [0.2, 0.25) is 5.91 Å². The van der Waals surface area contributed by atoms with Crippen molar-refractivity contribution in [2.24, 2.45) is 0 Å². The number of fused-ring (bicyclic) bond motifs is 1. The summed E-state index contributed by atoms with van der Waals surface area (Å²) in [7, 11) is 0. The zero-order chi connectivity index (χ0) is 7.14. The summed E-state index contributed by atoms with van der Waals surface area (Å²) in [4.78, 5) is 10.6. The third-order valence-corrected chi connectivity index (χ3v) is 4.62. The highest BCUT2D eigenvalue weighted by molar-refractivity contribution is 8.21. The average Bonchev–Trinajstić information content (AvgIpc) is 2.39. The smallest absolute Gasteiger partial charge is 0.231 e. The fourth-order valence-electron chi connectivity index (χ4n) is 1.05. The van der Waals surface area contributed by atoms with Crippen LogP contribution in [-0.4, -0.2) is 26.7 Å². The lowest BCUT2D eigenvalue weighted by atomic mass is 10.7. The van der Waals surface area contributed by atoms with Crippen molar-refractivity contribution in [1.29, 1.82) is 0 Å². The standard InChI is InChI=1S/C5H8N2OS2/c1-3(8)6-7-4-2-9-5(7)10-4/h4-5H,2H2,1H3,(H,6,8). The van der Waals surface area contributed by atoms with Crippen LogP contribution in [0.1, 0.15) is 6.92 Å². The maximum Gasteiger partial charge on any atom is 0.231 e. The summed E-state index contributed by atoms with van der Waals surface area (Å²) >= 11 is 3.81. The Morgan fingerprint density at radius 3 is 3.00 bits per heavy atom. The summed E-state index contributed by atoms with van der Waals surface area (Å²) in [5, 5.41) is 2.57. The van der Waals surface area contributed by atoms with E-state index in [-0.39, 0.29) is 5.91 Å². The Balaban J connectivity index is 1.91. The number of nitrogens with zero attached hydrogens (tertiary/aromatic N) is 1. The number of carbonyl (C=O) groups is 1. The van der Waals surface area contributed by atoms with Crippen molar-refractivity contribution in [3.05, 3.63) is 0 Å². The second-order valence-corrected chi connectivity index (χ2v) is 4.98. The SMILES string of the molecule is CC(=O)NN1C2CSC1S2. The second kappa shape index (κ2) is 2.32. The molecular formula is C5H8N2OS2. The van der Waals surface area contributed by atoms with Gasteiger partial charge in [0, 0.05) is 12.7 Å². The van der Waals surface area contributed by atoms with Crippen molar-refractivity contribution in [1.82, 2.24) is 10.4 Å². The minimum atomic E-state index is 0.0396. The van der Waals surface area contributed by atoms with E-state index in [0.29, 0.717) is 10.1 Å². The minimum absolute atomic E-state index is 0.0396. The van der Waals surface area contributed by atoms with E-state index in [1.54, 1.807) is 6.92 Å². The molecule has 3 fully saturated rings. The predicted octanol–water partition coefficient (Wildman–Crippen LogP) is 0.443. The van der Waals surface area contributed by atoms with Gasteiger partial charge in [0.15, 0.2) is 0 Å². The lowest BCUT2D eigenvalue weighted by Gasteiger charge is -2.37. The summed E-state index contributed by atoms with van der Waals surface area (Å²) in [6.07, 6.45) is 0. The summed E-state index contributed by atoms with van der Waals surface area (Å²) < 4.78 is 0.494. The van der Waals surface area contributed by atoms with Gasteiger partial charge in [-0.1, -0.05) is 0 Å². The van der Waals surface area contributed by atoms with E-state index in [1.807, 2.05) is 28.5 Å². The normalized spacial score (nSPS) is 37.3. The van der Waals surface area contributed by atoms with E-state index in [1.165, 1.54) is 0 Å². The molecule has 3 aliphatic heterocycles. The van der Waals surface area contributed by atoms with E-state index >= 15 is 0 Å². The number of thioether (sulfide) groups is 2. The molecule has 3 rings (SSSR count). The van der Waals surface area contributed by atoms with Gasteiger partial charge in [-0.25, -0.2) is 0 Å². The monoisotopic (exact) mass is 176 g/mol. The van der Waals surface area contributed by atoms with Crippen molar-refractivity contribution in [3.63, 3.8) is 0 Å². The fourth-order valence-corrected chi connectivity index (χ4v) is 4.17. The Labute approximate surface area is 67.9 Å². The third-order valence-electron chi connectivity index (χ3n) is 1.48. The second-order valence-electron chi connectivity index (χ2n) is 2.31. The van der Waals surface area contributed by atoms with Gasteiger partial charge in [-0.15, -0.1) is 23.5 Å². The number of amides is 1. The fraction of sp³-hybridized carbons (Fsp3) is 0.800. The van der Waals surface area contributed by atoms with Gasteiger partial charge >= 0.3 is 0 Å². The number of carbonyl (C=O) groups excluding carboxylic acids is 1. The van der Waals surface area contributed by atoms with Crippen molar-refractivity contribution in [3.8, 4) is 0 Å². The van der Waals surface area contributed by atoms with Crippen LogP contribution in [0.15, 0.2) is 0 Å². The highest BCUT2D eigenvalue weighted by Gasteiger charge is 2.47. The zero-order valence-electron chi connectivity index (χ0n) is 5.53. The first kappa shape index (κ1) is 6.82. The van der Waals surface area contributed by atoms with E-state index in [0.717, 1.165) is 5.75 Å². The molecule has 0 aromatic rings. The molecule has 5 heteroatoms. The van der Waals surface area contributed by atoms with Crippen LogP contribution >= 0.6 is 23.5 Å². The molecule has 10 heavy (non-hydrogen) atoms. The zero-order valence-corrected chi connectivity index (χ0v) is 7.17. The van der Waals surface area contributed by atoms with E-state index < -0.39 is 0 Å².